The lowest BCUT2D eigenvalue weighted by atomic mass is 10.1. The van der Waals surface area contributed by atoms with E-state index >= 15 is 0 Å². The molecule has 1 rings (SSSR count). The number of carbonyl (C=O) groups excluding carboxylic acids is 1. The summed E-state index contributed by atoms with van der Waals surface area (Å²) < 4.78 is 54.0. The van der Waals surface area contributed by atoms with E-state index in [9.17, 15) is 22.4 Å². The van der Waals surface area contributed by atoms with Crippen molar-refractivity contribution in [2.45, 2.75) is 10.4 Å². The molecule has 0 spiro atoms. The molecule has 0 aliphatic rings. The third kappa shape index (κ3) is 3.37. The molecule has 96 valence electrons. The number of rotatable bonds is 2. The molecule has 0 fully saturated rings. The molecule has 0 aliphatic carbocycles. The number of carbonyl (C=O) groups is 1. The fourth-order valence-electron chi connectivity index (χ4n) is 1.13. The van der Waals surface area contributed by atoms with Crippen molar-refractivity contribution in [3.8, 4) is 6.07 Å². The first-order valence-electron chi connectivity index (χ1n) is 4.36. The van der Waals surface area contributed by atoms with Gasteiger partial charge >= 0.3 is 11.5 Å². The second-order valence-corrected chi connectivity index (χ2v) is 4.09. The minimum absolute atomic E-state index is 0.380. The fourth-order valence-corrected chi connectivity index (χ4v) is 1.71. The highest BCUT2D eigenvalue weighted by atomic mass is 32.2. The molecule has 1 aromatic rings. The van der Waals surface area contributed by atoms with Crippen molar-refractivity contribution >= 4 is 17.7 Å². The number of nitrogens with zero attached hydrogens (tertiary/aromatic N) is 1. The quantitative estimate of drug-likeness (QED) is 0.474. The third-order valence-corrected chi connectivity index (χ3v) is 2.59. The normalized spacial score (nSPS) is 10.9. The molecule has 0 atom stereocenters. The van der Waals surface area contributed by atoms with Gasteiger partial charge in [0.15, 0.2) is 0 Å². The predicted octanol–water partition coefficient (Wildman–Crippen LogP) is 3.10. The Morgan fingerprint density at radius 1 is 1.44 bits per heavy atom. The summed E-state index contributed by atoms with van der Waals surface area (Å²) in [5.41, 5.74) is -5.47. The smallest absolute Gasteiger partial charge is 0.446 e. The van der Waals surface area contributed by atoms with Crippen molar-refractivity contribution in [1.29, 1.82) is 5.26 Å². The fraction of sp³-hybridized carbons (Fsp3) is 0.200. The van der Waals surface area contributed by atoms with Crippen molar-refractivity contribution in [2.24, 2.45) is 0 Å². The molecule has 0 unspecified atom stereocenters. The zero-order chi connectivity index (χ0) is 13.9. The van der Waals surface area contributed by atoms with Gasteiger partial charge in [0.05, 0.1) is 23.1 Å². The largest absolute Gasteiger partial charge is 0.465 e. The summed E-state index contributed by atoms with van der Waals surface area (Å²) >= 11 is -0.693. The van der Waals surface area contributed by atoms with Crippen molar-refractivity contribution in [3.63, 3.8) is 0 Å². The monoisotopic (exact) mass is 279 g/mol. The molecule has 0 radical (unpaired) electrons. The highest BCUT2D eigenvalue weighted by Gasteiger charge is 2.31. The molecule has 3 nitrogen and oxygen atoms in total. The van der Waals surface area contributed by atoms with E-state index in [1.165, 1.54) is 6.07 Å². The van der Waals surface area contributed by atoms with E-state index in [4.69, 9.17) is 5.26 Å². The number of nitriles is 1. The summed E-state index contributed by atoms with van der Waals surface area (Å²) in [4.78, 5) is 10.4. The van der Waals surface area contributed by atoms with E-state index in [-0.39, 0.29) is 5.56 Å². The Hall–Kier alpha value is -1.75. The lowest BCUT2D eigenvalue weighted by Crippen LogP contribution is -2.07. The van der Waals surface area contributed by atoms with Gasteiger partial charge in [-0.3, -0.25) is 0 Å². The third-order valence-electron chi connectivity index (χ3n) is 1.82. The van der Waals surface area contributed by atoms with Crippen LogP contribution in [0, 0.1) is 17.1 Å². The summed E-state index contributed by atoms with van der Waals surface area (Å²) in [6, 6.07) is 2.74. The molecule has 0 bridgehead atoms. The second-order valence-electron chi connectivity index (χ2n) is 2.98. The Balaban J connectivity index is 3.28. The highest BCUT2D eigenvalue weighted by Crippen LogP contribution is 2.38. The SMILES string of the molecule is COC(=O)c1cc(F)c(SC(F)(F)F)cc1C#N. The van der Waals surface area contributed by atoms with E-state index in [0.29, 0.717) is 12.1 Å². The minimum Gasteiger partial charge on any atom is -0.465 e. The van der Waals surface area contributed by atoms with Crippen molar-refractivity contribution in [1.82, 2.24) is 0 Å². The van der Waals surface area contributed by atoms with Crippen LogP contribution in [0.2, 0.25) is 0 Å². The molecule has 0 aliphatic heterocycles. The molecule has 0 amide bonds. The summed E-state index contributed by atoms with van der Waals surface area (Å²) in [6.45, 7) is 0. The van der Waals surface area contributed by atoms with Crippen LogP contribution in [0.3, 0.4) is 0 Å². The van der Waals surface area contributed by atoms with Gasteiger partial charge in [-0.15, -0.1) is 0 Å². The number of benzene rings is 1. The minimum atomic E-state index is -4.68. The molecule has 0 aromatic heterocycles. The van der Waals surface area contributed by atoms with Gasteiger partial charge in [-0.05, 0) is 23.9 Å². The molecule has 1 aromatic carbocycles. The lowest BCUT2D eigenvalue weighted by Gasteiger charge is -2.09. The standard InChI is InChI=1S/C10H5F4NO2S/c1-17-9(16)6-3-7(11)8(2-5(6)4-15)18-10(12,13)14/h2-3H,1H3. The van der Waals surface area contributed by atoms with Crippen LogP contribution in [0.5, 0.6) is 0 Å². The first-order valence-corrected chi connectivity index (χ1v) is 5.18. The zero-order valence-corrected chi connectivity index (χ0v) is 9.66. The topological polar surface area (TPSA) is 50.1 Å². The highest BCUT2D eigenvalue weighted by molar-refractivity contribution is 8.00. The number of thioether (sulfide) groups is 1. The van der Waals surface area contributed by atoms with Gasteiger partial charge in [-0.1, -0.05) is 0 Å². The number of esters is 1. The molecule has 18 heavy (non-hydrogen) atoms. The number of ether oxygens (including phenoxy) is 1. The van der Waals surface area contributed by atoms with Crippen LogP contribution in [0.1, 0.15) is 15.9 Å². The van der Waals surface area contributed by atoms with Crippen LogP contribution in [-0.2, 0) is 4.74 Å². The zero-order valence-electron chi connectivity index (χ0n) is 8.84. The maximum atomic E-state index is 13.4. The Morgan fingerprint density at radius 3 is 2.50 bits per heavy atom. The number of halogens is 4. The van der Waals surface area contributed by atoms with Gasteiger partial charge in [-0.25, -0.2) is 9.18 Å². The first-order chi connectivity index (χ1) is 8.28. The average molecular weight is 279 g/mol. The number of methoxy groups -OCH3 is 1. The van der Waals surface area contributed by atoms with Crippen LogP contribution in [0.15, 0.2) is 17.0 Å². The van der Waals surface area contributed by atoms with Crippen LogP contribution >= 0.6 is 11.8 Å². The average Bonchev–Trinajstić information content (AvgIpc) is 2.28. The predicted molar refractivity (Wildman–Crippen MR) is 54.4 cm³/mol. The maximum absolute atomic E-state index is 13.4. The van der Waals surface area contributed by atoms with Crippen LogP contribution in [0.25, 0.3) is 0 Å². The maximum Gasteiger partial charge on any atom is 0.446 e. The van der Waals surface area contributed by atoms with E-state index in [2.05, 4.69) is 4.74 Å². The molecular formula is C10H5F4NO2S. The lowest BCUT2D eigenvalue weighted by molar-refractivity contribution is -0.0329. The Kier molecular flexibility index (Phi) is 4.19. The van der Waals surface area contributed by atoms with E-state index in [1.54, 1.807) is 0 Å². The molecule has 0 heterocycles. The molecule has 0 saturated heterocycles. The first kappa shape index (κ1) is 14.3. The molecule has 0 N–H and O–H groups in total. The van der Waals surface area contributed by atoms with Gasteiger partial charge in [-0.2, -0.15) is 18.4 Å². The van der Waals surface area contributed by atoms with Gasteiger partial charge in [0.1, 0.15) is 11.9 Å². The van der Waals surface area contributed by atoms with Crippen molar-refractivity contribution < 1.29 is 27.1 Å². The Bertz CT molecular complexity index is 522. The van der Waals surface area contributed by atoms with Crippen LogP contribution < -0.4 is 0 Å². The second kappa shape index (κ2) is 5.27. The number of hydrogen-bond donors (Lipinski definition) is 0. The Morgan fingerprint density at radius 2 is 2.06 bits per heavy atom. The van der Waals surface area contributed by atoms with Gasteiger partial charge in [0.25, 0.3) is 0 Å². The summed E-state index contributed by atoms with van der Waals surface area (Å²) in [5.74, 6) is -2.23. The van der Waals surface area contributed by atoms with Gasteiger partial charge in [0.2, 0.25) is 0 Å². The summed E-state index contributed by atoms with van der Waals surface area (Å²) in [6.07, 6.45) is 0. The van der Waals surface area contributed by atoms with E-state index in [1.807, 2.05) is 0 Å². The van der Waals surface area contributed by atoms with Crippen LogP contribution in [0.4, 0.5) is 17.6 Å². The molecular weight excluding hydrogens is 274 g/mol. The van der Waals surface area contributed by atoms with Crippen LogP contribution in [-0.4, -0.2) is 18.6 Å². The number of hydrogen-bond acceptors (Lipinski definition) is 4. The van der Waals surface area contributed by atoms with Crippen molar-refractivity contribution in [2.75, 3.05) is 7.11 Å². The van der Waals surface area contributed by atoms with Gasteiger partial charge in [0, 0.05) is 0 Å². The molecule has 8 heteroatoms. The van der Waals surface area contributed by atoms with E-state index < -0.39 is 39.5 Å². The summed E-state index contributed by atoms with van der Waals surface area (Å²) in [7, 11) is 1.01. The van der Waals surface area contributed by atoms with Gasteiger partial charge < -0.3 is 4.74 Å². The molecule has 0 saturated carbocycles. The van der Waals surface area contributed by atoms with E-state index in [0.717, 1.165) is 7.11 Å². The van der Waals surface area contributed by atoms with Crippen molar-refractivity contribution in [3.05, 3.63) is 29.1 Å². The number of alkyl halides is 3. The Labute approximate surface area is 103 Å². The summed E-state index contributed by atoms with van der Waals surface area (Å²) in [5, 5.41) is 8.71.